The molecule has 2 nitrogen and oxygen atoms in total. The minimum absolute atomic E-state index is 0.146. The fraction of sp³-hybridized carbons (Fsp3) is 0. The van der Waals surface area contributed by atoms with Gasteiger partial charge in [0, 0.05) is 11.1 Å². The van der Waals surface area contributed by atoms with Gasteiger partial charge in [-0.1, -0.05) is 53.5 Å². The van der Waals surface area contributed by atoms with Gasteiger partial charge < -0.3 is 0 Å². The van der Waals surface area contributed by atoms with Crippen LogP contribution in [0.1, 0.15) is 15.9 Å². The van der Waals surface area contributed by atoms with Gasteiger partial charge in [-0.2, -0.15) is 0 Å². The van der Waals surface area contributed by atoms with E-state index in [1.165, 1.54) is 0 Å². The van der Waals surface area contributed by atoms with Crippen LogP contribution in [-0.4, -0.2) is 11.6 Å². The maximum Gasteiger partial charge on any atom is 0.246 e. The number of carbonyl (C=O) groups is 2. The van der Waals surface area contributed by atoms with Crippen LogP contribution in [0.2, 0.25) is 0 Å². The molecule has 1 aliphatic rings. The Morgan fingerprint density at radius 2 is 1.50 bits per heavy atom. The molecule has 0 spiro atoms. The van der Waals surface area contributed by atoms with E-state index in [2.05, 4.69) is 0 Å². The van der Waals surface area contributed by atoms with Crippen molar-refractivity contribution in [1.82, 2.24) is 0 Å². The fourth-order valence-corrected chi connectivity index (χ4v) is 2.60. The Kier molecular flexibility index (Phi) is 2.51. The molecule has 2 aromatic rings. The van der Waals surface area contributed by atoms with Gasteiger partial charge in [0.15, 0.2) is 0 Å². The summed E-state index contributed by atoms with van der Waals surface area (Å²) in [6.07, 6.45) is 0. The van der Waals surface area contributed by atoms with Crippen molar-refractivity contribution < 1.29 is 9.59 Å². The van der Waals surface area contributed by atoms with E-state index < -0.39 is 11.6 Å². The molecule has 0 fully saturated rings. The van der Waals surface area contributed by atoms with E-state index in [4.69, 9.17) is 23.2 Å². The summed E-state index contributed by atoms with van der Waals surface area (Å²) >= 11 is 11.9. The van der Waals surface area contributed by atoms with Crippen molar-refractivity contribution in [2.24, 2.45) is 0 Å². The number of halogens is 2. The average Bonchev–Trinajstić information content (AvgIpc) is 2.41. The summed E-state index contributed by atoms with van der Waals surface area (Å²) in [6.45, 7) is 0. The number of rotatable bonds is 0. The first-order valence-electron chi connectivity index (χ1n) is 5.27. The van der Waals surface area contributed by atoms with E-state index >= 15 is 0 Å². The topological polar surface area (TPSA) is 34.1 Å². The monoisotopic (exact) mass is 276 g/mol. The molecule has 18 heavy (non-hydrogen) atoms. The third-order valence-corrected chi connectivity index (χ3v) is 3.83. The molecule has 3 rings (SSSR count). The summed E-state index contributed by atoms with van der Waals surface area (Å²) in [5.74, 6) is -1.35. The lowest BCUT2D eigenvalue weighted by Crippen LogP contribution is -2.20. The lowest BCUT2D eigenvalue weighted by Gasteiger charge is -2.16. The molecule has 88 valence electrons. The lowest BCUT2D eigenvalue weighted by molar-refractivity contribution is -0.111. The molecule has 0 radical (unpaired) electrons. The number of benzene rings is 2. The van der Waals surface area contributed by atoms with E-state index in [1.54, 1.807) is 12.1 Å². The number of hydrogen-bond donors (Lipinski definition) is 0. The Morgan fingerprint density at radius 3 is 2.28 bits per heavy atom. The van der Waals surface area contributed by atoms with Crippen molar-refractivity contribution in [3.05, 3.63) is 52.6 Å². The fourth-order valence-electron chi connectivity index (χ4n) is 2.13. The minimum Gasteiger partial charge on any atom is -0.285 e. The third-order valence-electron chi connectivity index (χ3n) is 2.99. The molecular formula is C14H6Cl2O2. The van der Waals surface area contributed by atoms with Gasteiger partial charge >= 0.3 is 0 Å². The first kappa shape index (κ1) is 11.5. The molecule has 0 aromatic heterocycles. The van der Waals surface area contributed by atoms with Crippen LogP contribution in [0.4, 0.5) is 0 Å². The molecular weight excluding hydrogens is 271 g/mol. The Labute approximate surface area is 113 Å². The van der Waals surface area contributed by atoms with E-state index in [1.807, 2.05) is 24.3 Å². The third kappa shape index (κ3) is 1.43. The highest BCUT2D eigenvalue weighted by Crippen LogP contribution is 2.38. The van der Waals surface area contributed by atoms with Crippen LogP contribution < -0.4 is 0 Å². The van der Waals surface area contributed by atoms with Gasteiger partial charge in [-0.3, -0.25) is 9.59 Å². The van der Waals surface area contributed by atoms with Crippen LogP contribution in [0.3, 0.4) is 0 Å². The highest BCUT2D eigenvalue weighted by Gasteiger charge is 2.32. The standard InChI is InChI=1S/C14H6Cl2O2/c15-11-10-8-4-2-1-3-7(8)5-6-9(10)13(17)14(18)12(11)16/h1-6H. The van der Waals surface area contributed by atoms with Gasteiger partial charge in [0.25, 0.3) is 0 Å². The summed E-state index contributed by atoms with van der Waals surface area (Å²) in [6, 6.07) is 10.9. The van der Waals surface area contributed by atoms with Gasteiger partial charge in [-0.05, 0) is 16.8 Å². The molecule has 0 unspecified atom stereocenters. The van der Waals surface area contributed by atoms with Gasteiger partial charge in [0.1, 0.15) is 5.03 Å². The summed E-state index contributed by atoms with van der Waals surface area (Å²) in [5.41, 5.74) is 0.859. The molecule has 1 aliphatic carbocycles. The SMILES string of the molecule is O=C1C(=O)c2ccc3ccccc3c2C(Cl)=C1Cl. The second-order valence-corrected chi connectivity index (χ2v) is 4.75. The molecule has 0 amide bonds. The molecule has 0 saturated carbocycles. The molecule has 0 heterocycles. The second-order valence-electron chi connectivity index (χ2n) is 4.00. The molecule has 0 N–H and O–H groups in total. The van der Waals surface area contributed by atoms with Crippen LogP contribution in [0.25, 0.3) is 15.8 Å². The smallest absolute Gasteiger partial charge is 0.246 e. The number of carbonyl (C=O) groups excluding carboxylic acids is 2. The lowest BCUT2D eigenvalue weighted by atomic mass is 9.90. The Hall–Kier alpha value is -1.64. The molecule has 4 heteroatoms. The molecule has 0 atom stereocenters. The summed E-state index contributed by atoms with van der Waals surface area (Å²) in [4.78, 5) is 23.5. The van der Waals surface area contributed by atoms with Crippen molar-refractivity contribution in [2.45, 2.75) is 0 Å². The van der Waals surface area contributed by atoms with E-state index in [0.29, 0.717) is 11.1 Å². The molecule has 2 aromatic carbocycles. The highest BCUT2D eigenvalue weighted by molar-refractivity contribution is 6.71. The first-order chi connectivity index (χ1) is 8.61. The zero-order chi connectivity index (χ0) is 12.9. The minimum atomic E-state index is -0.746. The normalized spacial score (nSPS) is 15.2. The first-order valence-corrected chi connectivity index (χ1v) is 6.03. The number of Topliss-reactive ketones (excluding diaryl/α,β-unsaturated/α-hetero) is 2. The zero-order valence-corrected chi connectivity index (χ0v) is 10.5. The van der Waals surface area contributed by atoms with Crippen molar-refractivity contribution >= 4 is 50.6 Å². The van der Waals surface area contributed by atoms with Crippen LogP contribution >= 0.6 is 23.2 Å². The quantitative estimate of drug-likeness (QED) is 0.687. The summed E-state index contributed by atoms with van der Waals surface area (Å²) in [7, 11) is 0. The van der Waals surface area contributed by atoms with Gasteiger partial charge in [-0.25, -0.2) is 0 Å². The van der Waals surface area contributed by atoms with E-state index in [-0.39, 0.29) is 10.1 Å². The largest absolute Gasteiger partial charge is 0.285 e. The predicted octanol–water partition coefficient (Wildman–Crippen LogP) is 3.75. The Bertz CT molecular complexity index is 745. The van der Waals surface area contributed by atoms with E-state index in [9.17, 15) is 9.59 Å². The van der Waals surface area contributed by atoms with Gasteiger partial charge in [0.2, 0.25) is 11.6 Å². The van der Waals surface area contributed by atoms with Gasteiger partial charge in [-0.15, -0.1) is 0 Å². The van der Waals surface area contributed by atoms with Crippen LogP contribution in [-0.2, 0) is 4.79 Å². The highest BCUT2D eigenvalue weighted by atomic mass is 35.5. The zero-order valence-electron chi connectivity index (χ0n) is 9.04. The number of fused-ring (bicyclic) bond motifs is 3. The van der Waals surface area contributed by atoms with Crippen LogP contribution in [0.15, 0.2) is 41.4 Å². The maximum atomic E-state index is 11.9. The van der Waals surface area contributed by atoms with Crippen LogP contribution in [0, 0.1) is 0 Å². The van der Waals surface area contributed by atoms with Crippen molar-refractivity contribution in [1.29, 1.82) is 0 Å². The number of ketones is 2. The number of allylic oxidation sites excluding steroid dienone is 1. The molecule has 0 bridgehead atoms. The molecule has 0 aliphatic heterocycles. The van der Waals surface area contributed by atoms with Crippen molar-refractivity contribution in [3.63, 3.8) is 0 Å². The Morgan fingerprint density at radius 1 is 0.778 bits per heavy atom. The summed E-state index contributed by atoms with van der Waals surface area (Å²) < 4.78 is 0. The summed E-state index contributed by atoms with van der Waals surface area (Å²) in [5, 5.41) is 1.71. The Balaban J connectivity index is 2.50. The predicted molar refractivity (Wildman–Crippen MR) is 71.9 cm³/mol. The average molecular weight is 277 g/mol. The van der Waals surface area contributed by atoms with E-state index in [0.717, 1.165) is 10.8 Å². The molecule has 0 saturated heterocycles. The van der Waals surface area contributed by atoms with Crippen molar-refractivity contribution in [2.75, 3.05) is 0 Å². The second kappa shape index (κ2) is 3.94. The van der Waals surface area contributed by atoms with Crippen LogP contribution in [0.5, 0.6) is 0 Å². The number of hydrogen-bond acceptors (Lipinski definition) is 2. The van der Waals surface area contributed by atoms with Gasteiger partial charge in [0.05, 0.1) is 5.03 Å². The maximum absolute atomic E-state index is 11.9. The van der Waals surface area contributed by atoms with Crippen molar-refractivity contribution in [3.8, 4) is 0 Å².